The van der Waals surface area contributed by atoms with E-state index in [2.05, 4.69) is 6.92 Å². The van der Waals surface area contributed by atoms with Crippen molar-refractivity contribution >= 4 is 23.2 Å². The monoisotopic (exact) mass is 299 g/mol. The number of carbonyl (C=O) groups excluding carboxylic acids is 1. The molecule has 0 saturated heterocycles. The summed E-state index contributed by atoms with van der Waals surface area (Å²) in [7, 11) is 1.53. The van der Waals surface area contributed by atoms with Crippen LogP contribution in [0.4, 0.5) is 0 Å². The molecule has 20 heavy (non-hydrogen) atoms. The highest BCUT2D eigenvalue weighted by Crippen LogP contribution is 2.24. The van der Waals surface area contributed by atoms with Gasteiger partial charge in [-0.15, -0.1) is 11.3 Å². The van der Waals surface area contributed by atoms with Crippen LogP contribution >= 0.6 is 11.3 Å². The Morgan fingerprint density at radius 3 is 2.70 bits per heavy atom. The second kappa shape index (κ2) is 8.01. The van der Waals surface area contributed by atoms with Crippen LogP contribution in [0.15, 0.2) is 6.07 Å². The molecule has 5 nitrogen and oxygen atoms in total. The van der Waals surface area contributed by atoms with Crippen LogP contribution in [-0.4, -0.2) is 48.7 Å². The number of carboxylic acids is 1. The van der Waals surface area contributed by atoms with Gasteiger partial charge in [-0.3, -0.25) is 9.59 Å². The fourth-order valence-electron chi connectivity index (χ4n) is 1.92. The first-order valence-corrected chi connectivity index (χ1v) is 7.40. The number of methoxy groups -OCH3 is 1. The Kier molecular flexibility index (Phi) is 6.67. The van der Waals surface area contributed by atoms with Gasteiger partial charge in [-0.25, -0.2) is 0 Å². The lowest BCUT2D eigenvalue weighted by molar-refractivity contribution is -0.137. The number of carboxylic acid groups (broad SMARTS) is 1. The van der Waals surface area contributed by atoms with E-state index in [4.69, 9.17) is 9.84 Å². The minimum Gasteiger partial charge on any atom is -0.480 e. The number of aryl methyl sites for hydroxylation is 2. The molecule has 6 heteroatoms. The summed E-state index contributed by atoms with van der Waals surface area (Å²) in [6.07, 6.45) is 1.96. The molecule has 0 aliphatic carbocycles. The van der Waals surface area contributed by atoms with Gasteiger partial charge in [0.15, 0.2) is 0 Å². The van der Waals surface area contributed by atoms with Gasteiger partial charge in [0.2, 0.25) is 0 Å². The van der Waals surface area contributed by atoms with Gasteiger partial charge in [0, 0.05) is 18.5 Å². The summed E-state index contributed by atoms with van der Waals surface area (Å²) in [6, 6.07) is 1.88. The van der Waals surface area contributed by atoms with Crippen LogP contribution in [0, 0.1) is 6.92 Å². The molecule has 0 aromatic carbocycles. The first-order chi connectivity index (χ1) is 9.49. The van der Waals surface area contributed by atoms with Crippen molar-refractivity contribution in [1.82, 2.24) is 4.90 Å². The molecule has 0 fully saturated rings. The van der Waals surface area contributed by atoms with Crippen LogP contribution in [0.1, 0.15) is 33.5 Å². The van der Waals surface area contributed by atoms with E-state index in [0.717, 1.165) is 17.7 Å². The number of carbonyl (C=O) groups is 2. The molecule has 0 spiro atoms. The van der Waals surface area contributed by atoms with Gasteiger partial charge < -0.3 is 14.7 Å². The Bertz CT molecular complexity index is 470. The Balaban J connectivity index is 2.87. The molecule has 1 amide bonds. The minimum atomic E-state index is -1.02. The van der Waals surface area contributed by atoms with Crippen molar-refractivity contribution in [3.8, 4) is 0 Å². The molecule has 1 heterocycles. The number of ether oxygens (including phenoxy) is 1. The van der Waals surface area contributed by atoms with E-state index in [1.807, 2.05) is 13.0 Å². The molecule has 1 N–H and O–H groups in total. The van der Waals surface area contributed by atoms with Crippen molar-refractivity contribution in [3.05, 3.63) is 21.4 Å². The summed E-state index contributed by atoms with van der Waals surface area (Å²) in [5.74, 6) is -1.25. The maximum absolute atomic E-state index is 12.4. The number of thiophene rings is 1. The van der Waals surface area contributed by atoms with E-state index in [-0.39, 0.29) is 19.0 Å². The predicted molar refractivity (Wildman–Crippen MR) is 78.5 cm³/mol. The number of rotatable bonds is 8. The van der Waals surface area contributed by atoms with E-state index < -0.39 is 5.97 Å². The predicted octanol–water partition coefficient (Wildman–Crippen LogP) is 2.18. The standard InChI is InChI=1S/C14H21NO4S/c1-4-5-11-8-12(20-10(11)2)14(18)15(6-7-19-3)9-13(16)17/h8H,4-7,9H2,1-3H3,(H,16,17). The van der Waals surface area contributed by atoms with Crippen molar-refractivity contribution in [2.24, 2.45) is 0 Å². The average Bonchev–Trinajstić information content (AvgIpc) is 2.75. The third-order valence-electron chi connectivity index (χ3n) is 2.93. The summed E-state index contributed by atoms with van der Waals surface area (Å²) in [4.78, 5) is 26.3. The Hall–Kier alpha value is -1.40. The number of aliphatic carboxylic acids is 1. The van der Waals surface area contributed by atoms with Crippen molar-refractivity contribution in [3.63, 3.8) is 0 Å². The van der Waals surface area contributed by atoms with Crippen LogP contribution in [0.2, 0.25) is 0 Å². The average molecular weight is 299 g/mol. The Morgan fingerprint density at radius 2 is 2.15 bits per heavy atom. The van der Waals surface area contributed by atoms with Crippen LogP contribution in [0.5, 0.6) is 0 Å². The lowest BCUT2D eigenvalue weighted by atomic mass is 10.1. The zero-order valence-corrected chi connectivity index (χ0v) is 13.0. The topological polar surface area (TPSA) is 66.8 Å². The maximum Gasteiger partial charge on any atom is 0.323 e. The van der Waals surface area contributed by atoms with E-state index in [1.54, 1.807) is 0 Å². The van der Waals surface area contributed by atoms with E-state index >= 15 is 0 Å². The van der Waals surface area contributed by atoms with Crippen LogP contribution in [0.25, 0.3) is 0 Å². The molecule has 0 saturated carbocycles. The molecule has 0 bridgehead atoms. The Labute approximate surface area is 123 Å². The van der Waals surface area contributed by atoms with Crippen molar-refractivity contribution in [1.29, 1.82) is 0 Å². The third-order valence-corrected chi connectivity index (χ3v) is 4.01. The van der Waals surface area contributed by atoms with Gasteiger partial charge in [-0.05, 0) is 25.0 Å². The summed E-state index contributed by atoms with van der Waals surface area (Å²) in [5, 5.41) is 8.89. The molecule has 1 rings (SSSR count). The summed E-state index contributed by atoms with van der Waals surface area (Å²) >= 11 is 1.43. The lowest BCUT2D eigenvalue weighted by Gasteiger charge is -2.19. The highest BCUT2D eigenvalue weighted by molar-refractivity contribution is 7.14. The van der Waals surface area contributed by atoms with Crippen molar-refractivity contribution < 1.29 is 19.4 Å². The molecule has 0 unspecified atom stereocenters. The van der Waals surface area contributed by atoms with E-state index in [1.165, 1.54) is 28.9 Å². The van der Waals surface area contributed by atoms with Gasteiger partial charge >= 0.3 is 5.97 Å². The largest absolute Gasteiger partial charge is 0.480 e. The van der Waals surface area contributed by atoms with Gasteiger partial charge in [0.1, 0.15) is 6.54 Å². The van der Waals surface area contributed by atoms with Gasteiger partial charge in [0.25, 0.3) is 5.91 Å². The highest BCUT2D eigenvalue weighted by Gasteiger charge is 2.21. The molecule has 1 aromatic rings. The Morgan fingerprint density at radius 1 is 1.45 bits per heavy atom. The molecular formula is C14H21NO4S. The fourth-order valence-corrected chi connectivity index (χ4v) is 2.96. The molecule has 0 atom stereocenters. The number of amides is 1. The maximum atomic E-state index is 12.4. The van der Waals surface area contributed by atoms with Gasteiger partial charge in [-0.1, -0.05) is 13.3 Å². The quantitative estimate of drug-likeness (QED) is 0.799. The van der Waals surface area contributed by atoms with E-state index in [9.17, 15) is 9.59 Å². The first kappa shape index (κ1) is 16.7. The van der Waals surface area contributed by atoms with Crippen molar-refractivity contribution in [2.45, 2.75) is 26.7 Å². The van der Waals surface area contributed by atoms with Crippen molar-refractivity contribution in [2.75, 3.05) is 26.8 Å². The smallest absolute Gasteiger partial charge is 0.323 e. The van der Waals surface area contributed by atoms with Crippen LogP contribution in [-0.2, 0) is 16.0 Å². The second-order valence-corrected chi connectivity index (χ2v) is 5.81. The zero-order valence-electron chi connectivity index (χ0n) is 12.1. The molecule has 112 valence electrons. The minimum absolute atomic E-state index is 0.236. The molecule has 0 aliphatic heterocycles. The SMILES string of the molecule is CCCc1cc(C(=O)N(CCOC)CC(=O)O)sc1C. The molecule has 0 radical (unpaired) electrons. The number of nitrogens with zero attached hydrogens (tertiary/aromatic N) is 1. The second-order valence-electron chi connectivity index (χ2n) is 4.56. The fraction of sp³-hybridized carbons (Fsp3) is 0.571. The lowest BCUT2D eigenvalue weighted by Crippen LogP contribution is -2.37. The number of hydrogen-bond donors (Lipinski definition) is 1. The first-order valence-electron chi connectivity index (χ1n) is 6.58. The summed E-state index contributed by atoms with van der Waals surface area (Å²) in [6.45, 7) is 4.38. The van der Waals surface area contributed by atoms with E-state index in [0.29, 0.717) is 11.5 Å². The highest BCUT2D eigenvalue weighted by atomic mass is 32.1. The molecular weight excluding hydrogens is 278 g/mol. The third kappa shape index (κ3) is 4.61. The van der Waals surface area contributed by atoms with Gasteiger partial charge in [0.05, 0.1) is 11.5 Å². The summed E-state index contributed by atoms with van der Waals surface area (Å²) in [5.41, 5.74) is 1.17. The van der Waals surface area contributed by atoms with Gasteiger partial charge in [-0.2, -0.15) is 0 Å². The molecule has 1 aromatic heterocycles. The zero-order chi connectivity index (χ0) is 15.1. The molecule has 0 aliphatic rings. The van der Waals surface area contributed by atoms with Crippen LogP contribution < -0.4 is 0 Å². The summed E-state index contributed by atoms with van der Waals surface area (Å²) < 4.78 is 4.92. The van der Waals surface area contributed by atoms with Crippen LogP contribution in [0.3, 0.4) is 0 Å². The normalized spacial score (nSPS) is 10.6. The number of hydrogen-bond acceptors (Lipinski definition) is 4.